The van der Waals surface area contributed by atoms with E-state index in [1.54, 1.807) is 11.9 Å². The third-order valence-electron chi connectivity index (χ3n) is 6.57. The highest BCUT2D eigenvalue weighted by Crippen LogP contribution is 2.29. The summed E-state index contributed by atoms with van der Waals surface area (Å²) in [6.07, 6.45) is 3.83. The van der Waals surface area contributed by atoms with E-state index in [9.17, 15) is 19.6 Å². The summed E-state index contributed by atoms with van der Waals surface area (Å²) in [6.45, 7) is 1.38. The molecule has 13 heteroatoms. The molecule has 4 N–H and O–H groups in total. The second-order valence-electron chi connectivity index (χ2n) is 9.45. The molecule has 0 aliphatic carbocycles. The van der Waals surface area contributed by atoms with Gasteiger partial charge in [0.2, 0.25) is 0 Å². The predicted octanol–water partition coefficient (Wildman–Crippen LogP) is 1.63. The Morgan fingerprint density at radius 2 is 2.23 bits per heavy atom. The molecule has 0 unspecified atom stereocenters. The number of nitriles is 1. The Hall–Kier alpha value is -4.12. The molecule has 2 aromatic rings. The van der Waals surface area contributed by atoms with Gasteiger partial charge >= 0.3 is 6.03 Å². The summed E-state index contributed by atoms with van der Waals surface area (Å²) >= 11 is 0. The fraction of sp³-hybridized carbons (Fsp3) is 0.462. The number of aldehydes is 1. The number of methoxy groups -OCH3 is 1. The molecule has 0 radical (unpaired) electrons. The normalized spacial score (nSPS) is 17.1. The summed E-state index contributed by atoms with van der Waals surface area (Å²) in [5.74, 6) is 0.460. The molecule has 2 atom stereocenters. The third-order valence-corrected chi connectivity index (χ3v) is 6.57. The van der Waals surface area contributed by atoms with Crippen LogP contribution in [-0.2, 0) is 27.2 Å². The lowest BCUT2D eigenvalue weighted by Crippen LogP contribution is -2.40. The van der Waals surface area contributed by atoms with Crippen LogP contribution in [0.25, 0.3) is 0 Å². The summed E-state index contributed by atoms with van der Waals surface area (Å²) in [7, 11) is 3.19. The predicted molar refractivity (Wildman–Crippen MR) is 142 cm³/mol. The zero-order valence-electron chi connectivity index (χ0n) is 22.0. The van der Waals surface area contributed by atoms with Gasteiger partial charge in [0.15, 0.2) is 6.29 Å². The van der Waals surface area contributed by atoms with Crippen LogP contribution in [-0.4, -0.2) is 79.3 Å². The molecule has 39 heavy (non-hydrogen) atoms. The molecule has 4 rings (SSSR count). The van der Waals surface area contributed by atoms with Crippen molar-refractivity contribution in [3.05, 3.63) is 40.7 Å². The van der Waals surface area contributed by atoms with Gasteiger partial charge in [0.25, 0.3) is 5.91 Å². The van der Waals surface area contributed by atoms with Crippen LogP contribution in [0.15, 0.2) is 18.3 Å². The van der Waals surface area contributed by atoms with Crippen LogP contribution < -0.4 is 21.3 Å². The first-order valence-electron chi connectivity index (χ1n) is 12.7. The average molecular weight is 537 g/mol. The lowest BCUT2D eigenvalue weighted by molar-refractivity contribution is -0.140. The van der Waals surface area contributed by atoms with Crippen molar-refractivity contribution >= 4 is 35.5 Å². The molecule has 4 heterocycles. The number of nitrogens with zero attached hydrogens (tertiary/aromatic N) is 5. The summed E-state index contributed by atoms with van der Waals surface area (Å²) in [4.78, 5) is 49.6. The first-order chi connectivity index (χ1) is 18.8. The molecule has 0 aromatic carbocycles. The van der Waals surface area contributed by atoms with Gasteiger partial charge in [-0.25, -0.2) is 14.8 Å². The van der Waals surface area contributed by atoms with Gasteiger partial charge in [-0.05, 0) is 37.3 Å². The number of aryl methyl sites for hydroxylation is 1. The molecule has 2 aromatic heterocycles. The number of urea groups is 1. The zero-order chi connectivity index (χ0) is 27.9. The Morgan fingerprint density at radius 1 is 1.41 bits per heavy atom. The number of nitrogens with two attached hydrogens (primary N) is 1. The molecule has 2 aliphatic heterocycles. The number of carbonyl (C=O) groups is 3. The van der Waals surface area contributed by atoms with E-state index in [0.717, 1.165) is 12.0 Å². The zero-order valence-corrected chi connectivity index (χ0v) is 22.0. The molecule has 0 spiro atoms. The lowest BCUT2D eigenvalue weighted by Gasteiger charge is -2.30. The van der Waals surface area contributed by atoms with E-state index in [1.807, 2.05) is 12.1 Å². The maximum atomic E-state index is 13.3. The standard InChI is InChI=1S/C26H32N8O5/c1-33(25(36)21-6-4-8-39-21)13-17-9-16-5-3-7-34(24(16)31-20(17)14-35)26(37)32-23-10-19(18(11-27)12-29-23)30-22(28)15-38-2/h9-10,12,14,21-22H,3-8,13,15,28H2,1-2H3,(H2,29,30,32,37)/t21-,22-/m1/s1. The van der Waals surface area contributed by atoms with Crippen molar-refractivity contribution in [2.45, 2.75) is 44.5 Å². The van der Waals surface area contributed by atoms with Gasteiger partial charge in [0.05, 0.1) is 24.0 Å². The van der Waals surface area contributed by atoms with Crippen molar-refractivity contribution in [2.75, 3.05) is 49.4 Å². The van der Waals surface area contributed by atoms with E-state index in [0.29, 0.717) is 55.8 Å². The fourth-order valence-electron chi connectivity index (χ4n) is 4.67. The van der Waals surface area contributed by atoms with Crippen molar-refractivity contribution in [1.29, 1.82) is 5.26 Å². The van der Waals surface area contributed by atoms with Gasteiger partial charge in [-0.1, -0.05) is 0 Å². The number of rotatable bonds is 9. The minimum atomic E-state index is -0.567. The molecule has 1 fully saturated rings. The van der Waals surface area contributed by atoms with Crippen LogP contribution in [0.1, 0.15) is 46.4 Å². The van der Waals surface area contributed by atoms with Crippen molar-refractivity contribution < 1.29 is 23.9 Å². The van der Waals surface area contributed by atoms with Crippen molar-refractivity contribution in [3.63, 3.8) is 0 Å². The molecule has 2 aliphatic rings. The van der Waals surface area contributed by atoms with Gasteiger partial charge < -0.3 is 25.4 Å². The van der Waals surface area contributed by atoms with Crippen LogP contribution >= 0.6 is 0 Å². The second-order valence-corrected chi connectivity index (χ2v) is 9.45. The van der Waals surface area contributed by atoms with Crippen LogP contribution in [0.2, 0.25) is 0 Å². The van der Waals surface area contributed by atoms with Crippen molar-refractivity contribution in [3.8, 4) is 6.07 Å². The van der Waals surface area contributed by atoms with Crippen LogP contribution in [0.3, 0.4) is 0 Å². The first kappa shape index (κ1) is 27.9. The number of ether oxygens (including phenoxy) is 2. The molecule has 13 nitrogen and oxygen atoms in total. The Bertz CT molecular complexity index is 1270. The maximum Gasteiger partial charge on any atom is 0.328 e. The summed E-state index contributed by atoms with van der Waals surface area (Å²) in [5.41, 5.74) is 8.19. The van der Waals surface area contributed by atoms with Crippen LogP contribution in [0.5, 0.6) is 0 Å². The van der Waals surface area contributed by atoms with Gasteiger partial charge in [0.1, 0.15) is 29.5 Å². The van der Waals surface area contributed by atoms with Crippen LogP contribution in [0, 0.1) is 11.3 Å². The molecular weight excluding hydrogens is 504 g/mol. The summed E-state index contributed by atoms with van der Waals surface area (Å²) in [5, 5.41) is 15.1. The number of nitrogens with one attached hydrogen (secondary N) is 2. The SMILES string of the molecule is COC[C@H](N)Nc1cc(NC(=O)N2CCCc3cc(CN(C)C(=O)[C@H]4CCCO4)c(C=O)nc32)ncc1C#N. The number of hydrogen-bond donors (Lipinski definition) is 3. The highest BCUT2D eigenvalue weighted by molar-refractivity contribution is 6.02. The Balaban J connectivity index is 1.52. The Labute approximate surface area is 226 Å². The van der Waals surface area contributed by atoms with Gasteiger partial charge in [0, 0.05) is 51.7 Å². The Morgan fingerprint density at radius 3 is 2.92 bits per heavy atom. The number of likely N-dealkylation sites (N-methyl/N-ethyl adjacent to an activating group) is 1. The van der Waals surface area contributed by atoms with E-state index in [2.05, 4.69) is 20.6 Å². The van der Waals surface area contributed by atoms with E-state index < -0.39 is 18.3 Å². The third kappa shape index (κ3) is 6.48. The van der Waals surface area contributed by atoms with Gasteiger partial charge in [-0.15, -0.1) is 0 Å². The topological polar surface area (TPSA) is 176 Å². The van der Waals surface area contributed by atoms with E-state index >= 15 is 0 Å². The van der Waals surface area contributed by atoms with E-state index in [-0.39, 0.29) is 36.1 Å². The van der Waals surface area contributed by atoms with Crippen LogP contribution in [0.4, 0.5) is 22.1 Å². The monoisotopic (exact) mass is 536 g/mol. The molecule has 0 bridgehead atoms. The quantitative estimate of drug-likeness (QED) is 0.315. The maximum absolute atomic E-state index is 13.3. The fourth-order valence-corrected chi connectivity index (χ4v) is 4.67. The molecule has 0 saturated carbocycles. The summed E-state index contributed by atoms with van der Waals surface area (Å²) < 4.78 is 10.5. The lowest BCUT2D eigenvalue weighted by atomic mass is 10.0. The highest BCUT2D eigenvalue weighted by Gasteiger charge is 2.29. The van der Waals surface area contributed by atoms with Crippen molar-refractivity contribution in [2.24, 2.45) is 5.73 Å². The minimum absolute atomic E-state index is 0.130. The second kappa shape index (κ2) is 12.6. The number of pyridine rings is 2. The minimum Gasteiger partial charge on any atom is -0.381 e. The average Bonchev–Trinajstić information content (AvgIpc) is 3.47. The van der Waals surface area contributed by atoms with E-state index in [1.165, 1.54) is 24.3 Å². The molecular formula is C26H32N8O5. The van der Waals surface area contributed by atoms with E-state index in [4.69, 9.17) is 15.2 Å². The van der Waals surface area contributed by atoms with Gasteiger partial charge in [-0.2, -0.15) is 5.26 Å². The molecule has 3 amide bonds. The first-order valence-corrected chi connectivity index (χ1v) is 12.7. The number of carbonyl (C=O) groups excluding carboxylic acids is 3. The van der Waals surface area contributed by atoms with Gasteiger partial charge in [-0.3, -0.25) is 19.8 Å². The number of fused-ring (bicyclic) bond motifs is 1. The number of anilines is 3. The smallest absolute Gasteiger partial charge is 0.328 e. The molecule has 1 saturated heterocycles. The Kier molecular flexibility index (Phi) is 9.03. The largest absolute Gasteiger partial charge is 0.381 e. The highest BCUT2D eigenvalue weighted by atomic mass is 16.5. The summed E-state index contributed by atoms with van der Waals surface area (Å²) in [6, 6.07) is 4.91. The number of hydrogen-bond acceptors (Lipinski definition) is 10. The number of amides is 3. The van der Waals surface area contributed by atoms with Crippen molar-refractivity contribution in [1.82, 2.24) is 14.9 Å². The number of aromatic nitrogens is 2. The molecule has 206 valence electrons.